The van der Waals surface area contributed by atoms with Crippen LogP contribution in [0.4, 0.5) is 0 Å². The minimum atomic E-state index is -1.09. The molecule has 2 N–H and O–H groups in total. The number of carbonyl (C=O) groups is 1. The van der Waals surface area contributed by atoms with Crippen LogP contribution in [0.15, 0.2) is 69.5 Å². The number of hydrogen-bond acceptors (Lipinski definition) is 5. The van der Waals surface area contributed by atoms with Gasteiger partial charge in [0.1, 0.15) is 0 Å². The third-order valence-electron chi connectivity index (χ3n) is 4.04. The minimum absolute atomic E-state index is 0.0908. The summed E-state index contributed by atoms with van der Waals surface area (Å²) in [6, 6.07) is 15.0. The van der Waals surface area contributed by atoms with E-state index in [9.17, 15) is 15.0 Å². The fraction of sp³-hybridized carbons (Fsp3) is 0.200. The molecule has 0 radical (unpaired) electrons. The number of benzene rings is 2. The Balaban J connectivity index is 2.12. The van der Waals surface area contributed by atoms with Gasteiger partial charge in [0, 0.05) is 10.5 Å². The van der Waals surface area contributed by atoms with Crippen molar-refractivity contribution < 1.29 is 19.7 Å². The molecule has 3 rings (SSSR count). The van der Waals surface area contributed by atoms with Crippen LogP contribution < -0.4 is 0 Å². The fourth-order valence-corrected chi connectivity index (χ4v) is 5.10. The quantitative estimate of drug-likeness (QED) is 0.539. The molecule has 26 heavy (non-hydrogen) atoms. The molecular weight excluding hydrogens is 350 g/mol. The van der Waals surface area contributed by atoms with Crippen LogP contribution in [0.1, 0.15) is 23.6 Å². The Labute approximate surface area is 155 Å². The number of nitrogens with zero attached hydrogens (tertiary/aromatic N) is 1. The molecule has 2 aromatic rings. The maximum atomic E-state index is 12.2. The van der Waals surface area contributed by atoms with Crippen LogP contribution in [0.25, 0.3) is 0 Å². The number of esters is 1. The van der Waals surface area contributed by atoms with E-state index >= 15 is 0 Å². The number of aliphatic hydroxyl groups is 2. The Kier molecular flexibility index (Phi) is 5.88. The van der Waals surface area contributed by atoms with Gasteiger partial charge in [-0.15, -0.1) is 0 Å². The minimum Gasteiger partial charge on any atom is -0.461 e. The summed E-state index contributed by atoms with van der Waals surface area (Å²) < 4.78 is 5.10. The summed E-state index contributed by atoms with van der Waals surface area (Å²) in [6.45, 7) is 1.82. The molecule has 1 heterocycles. The number of ether oxygens (including phenoxy) is 1. The summed E-state index contributed by atoms with van der Waals surface area (Å²) in [5.74, 6) is -0.460. The monoisotopic (exact) mass is 371 g/mol. The van der Waals surface area contributed by atoms with Crippen LogP contribution in [0.5, 0.6) is 0 Å². The fourth-order valence-electron chi connectivity index (χ4n) is 2.81. The van der Waals surface area contributed by atoms with E-state index in [0.29, 0.717) is 0 Å². The van der Waals surface area contributed by atoms with Gasteiger partial charge in [-0.3, -0.25) is 0 Å². The Hall–Kier alpha value is -2.41. The number of rotatable bonds is 6. The SMILES string of the molecule is CCOC(=O)C1=C[SH](c2ccccc2CO)C(c2ccccc2CO)=N1. The third kappa shape index (κ3) is 3.58. The van der Waals surface area contributed by atoms with Crippen LogP contribution in [0.3, 0.4) is 0 Å². The summed E-state index contributed by atoms with van der Waals surface area (Å²) in [6.07, 6.45) is 0. The van der Waals surface area contributed by atoms with E-state index in [0.717, 1.165) is 26.6 Å². The molecule has 0 aromatic heterocycles. The number of carbonyl (C=O) groups excluding carboxylic acids is 1. The van der Waals surface area contributed by atoms with Gasteiger partial charge in [0.15, 0.2) is 5.70 Å². The van der Waals surface area contributed by atoms with Crippen LogP contribution in [0.2, 0.25) is 0 Å². The Morgan fingerprint density at radius 1 is 1.04 bits per heavy atom. The number of aliphatic hydroxyl groups excluding tert-OH is 2. The summed E-state index contributed by atoms with van der Waals surface area (Å²) in [5.41, 5.74) is 2.63. The summed E-state index contributed by atoms with van der Waals surface area (Å²) in [4.78, 5) is 17.7. The van der Waals surface area contributed by atoms with Crippen molar-refractivity contribution in [3.05, 3.63) is 76.3 Å². The molecule has 0 fully saturated rings. The van der Waals surface area contributed by atoms with Gasteiger partial charge in [-0.2, -0.15) is 10.9 Å². The zero-order chi connectivity index (χ0) is 18.5. The highest BCUT2D eigenvalue weighted by molar-refractivity contribution is 8.33. The molecule has 1 unspecified atom stereocenters. The van der Waals surface area contributed by atoms with Crippen LogP contribution >= 0.6 is 10.9 Å². The van der Waals surface area contributed by atoms with E-state index < -0.39 is 16.9 Å². The summed E-state index contributed by atoms with van der Waals surface area (Å²) in [5, 5.41) is 22.0. The third-order valence-corrected chi connectivity index (χ3v) is 6.30. The largest absolute Gasteiger partial charge is 0.461 e. The van der Waals surface area contributed by atoms with Crippen molar-refractivity contribution in [1.29, 1.82) is 0 Å². The van der Waals surface area contributed by atoms with Crippen molar-refractivity contribution in [1.82, 2.24) is 0 Å². The molecule has 136 valence electrons. The normalized spacial score (nSPS) is 17.6. The molecule has 0 spiro atoms. The van der Waals surface area contributed by atoms with E-state index in [1.807, 2.05) is 53.9 Å². The van der Waals surface area contributed by atoms with Gasteiger partial charge in [-0.25, -0.2) is 9.79 Å². The van der Waals surface area contributed by atoms with E-state index in [1.165, 1.54) is 0 Å². The van der Waals surface area contributed by atoms with Crippen LogP contribution in [-0.2, 0) is 22.7 Å². The topological polar surface area (TPSA) is 79.1 Å². The second-order valence-electron chi connectivity index (χ2n) is 5.64. The highest BCUT2D eigenvalue weighted by Gasteiger charge is 2.27. The molecule has 5 nitrogen and oxygen atoms in total. The predicted octanol–water partition coefficient (Wildman–Crippen LogP) is 2.90. The van der Waals surface area contributed by atoms with Gasteiger partial charge in [-0.05, 0) is 29.5 Å². The molecule has 0 amide bonds. The van der Waals surface area contributed by atoms with Crippen LogP contribution in [-0.4, -0.2) is 27.8 Å². The maximum absolute atomic E-state index is 12.2. The van der Waals surface area contributed by atoms with Crippen molar-refractivity contribution in [2.75, 3.05) is 6.61 Å². The highest BCUT2D eigenvalue weighted by Crippen LogP contribution is 2.48. The Bertz CT molecular complexity index is 876. The average molecular weight is 371 g/mol. The van der Waals surface area contributed by atoms with E-state index in [1.54, 1.807) is 6.92 Å². The molecular formula is C20H21NO4S. The number of aliphatic imine (C=N–C) groups is 1. The Morgan fingerprint density at radius 3 is 2.38 bits per heavy atom. The molecule has 1 aliphatic rings. The lowest BCUT2D eigenvalue weighted by molar-refractivity contribution is -0.138. The van der Waals surface area contributed by atoms with Gasteiger partial charge >= 0.3 is 5.97 Å². The van der Waals surface area contributed by atoms with Crippen molar-refractivity contribution in [3.63, 3.8) is 0 Å². The lowest BCUT2D eigenvalue weighted by Crippen LogP contribution is -2.06. The van der Waals surface area contributed by atoms with Gasteiger partial charge in [0.25, 0.3) is 0 Å². The summed E-state index contributed by atoms with van der Waals surface area (Å²) in [7, 11) is -1.09. The van der Waals surface area contributed by atoms with Crippen molar-refractivity contribution in [3.8, 4) is 0 Å². The first kappa shape index (κ1) is 18.4. The Morgan fingerprint density at radius 2 is 1.69 bits per heavy atom. The first-order valence-electron chi connectivity index (χ1n) is 8.34. The molecule has 6 heteroatoms. The highest BCUT2D eigenvalue weighted by atomic mass is 32.2. The van der Waals surface area contributed by atoms with Gasteiger partial charge < -0.3 is 14.9 Å². The second-order valence-corrected chi connectivity index (χ2v) is 7.55. The average Bonchev–Trinajstić information content (AvgIpc) is 3.13. The van der Waals surface area contributed by atoms with Crippen LogP contribution in [0, 0.1) is 0 Å². The molecule has 0 bridgehead atoms. The molecule has 1 atom stereocenters. The molecule has 0 saturated carbocycles. The van der Waals surface area contributed by atoms with E-state index in [4.69, 9.17) is 4.74 Å². The van der Waals surface area contributed by atoms with Gasteiger partial charge in [0.2, 0.25) is 0 Å². The summed E-state index contributed by atoms with van der Waals surface area (Å²) >= 11 is 0. The first-order chi connectivity index (χ1) is 12.7. The molecule has 2 aromatic carbocycles. The second kappa shape index (κ2) is 8.31. The van der Waals surface area contributed by atoms with E-state index in [2.05, 4.69) is 4.99 Å². The first-order valence-corrected chi connectivity index (χ1v) is 9.75. The zero-order valence-electron chi connectivity index (χ0n) is 14.4. The molecule has 0 aliphatic carbocycles. The van der Waals surface area contributed by atoms with Crippen molar-refractivity contribution >= 4 is 21.9 Å². The van der Waals surface area contributed by atoms with E-state index in [-0.39, 0.29) is 25.5 Å². The molecule has 0 saturated heterocycles. The lowest BCUT2D eigenvalue weighted by atomic mass is 10.1. The smallest absolute Gasteiger partial charge is 0.357 e. The molecule has 1 aliphatic heterocycles. The predicted molar refractivity (Wildman–Crippen MR) is 103 cm³/mol. The number of hydrogen-bond donors (Lipinski definition) is 3. The number of thiol groups is 1. The van der Waals surface area contributed by atoms with Gasteiger partial charge in [-0.1, -0.05) is 42.5 Å². The van der Waals surface area contributed by atoms with Crippen molar-refractivity contribution in [2.24, 2.45) is 4.99 Å². The van der Waals surface area contributed by atoms with Crippen molar-refractivity contribution in [2.45, 2.75) is 25.0 Å². The zero-order valence-corrected chi connectivity index (χ0v) is 15.3. The van der Waals surface area contributed by atoms with Gasteiger partial charge in [0.05, 0.1) is 24.9 Å². The maximum Gasteiger partial charge on any atom is 0.357 e. The standard InChI is InChI=1S/C20H21NO4S/c1-2-25-20(24)17-13-26(18-10-6-4-8-15(18)12-23)19(21-17)16-9-5-3-7-14(16)11-22/h3-10,13,22-23,26H,2,11-12H2,1H3. The lowest BCUT2D eigenvalue weighted by Gasteiger charge is -2.21.